The second-order valence-electron chi connectivity index (χ2n) is 9.38. The molecular weight excluding hydrogens is 392 g/mol. The number of rotatable bonds is 9. The number of ether oxygens (including phenoxy) is 2. The summed E-state index contributed by atoms with van der Waals surface area (Å²) in [6.45, 7) is 13.4. The molecule has 0 atom stereocenters. The zero-order valence-electron chi connectivity index (χ0n) is 19.4. The van der Waals surface area contributed by atoms with Crippen molar-refractivity contribution in [2.45, 2.75) is 53.4 Å². The van der Waals surface area contributed by atoms with Gasteiger partial charge in [0.25, 0.3) is 5.91 Å². The van der Waals surface area contributed by atoms with Crippen molar-refractivity contribution in [2.24, 2.45) is 10.5 Å². The van der Waals surface area contributed by atoms with E-state index < -0.39 is 5.91 Å². The molecule has 2 aromatic rings. The standard InChI is InChI=1S/C25H34N2O4/c1-7-30-21-12-13-22(28)18(14-21)15-26-27-23(29)16-31-20-10-8-19(9-11-20)25(5,6)17-24(2,3)4/h8-15,28H,7,16-17H2,1-6H3,(H,27,29)/b26-15-. The van der Waals surface area contributed by atoms with E-state index in [1.807, 2.05) is 31.2 Å². The molecule has 0 fully saturated rings. The number of phenols is 1. The quantitative estimate of drug-likeness (QED) is 0.435. The molecule has 0 saturated heterocycles. The van der Waals surface area contributed by atoms with Crippen molar-refractivity contribution in [1.29, 1.82) is 0 Å². The van der Waals surface area contributed by atoms with Gasteiger partial charge in [-0.1, -0.05) is 46.8 Å². The Bertz CT molecular complexity index is 897. The highest BCUT2D eigenvalue weighted by molar-refractivity contribution is 5.85. The van der Waals surface area contributed by atoms with Gasteiger partial charge in [0.2, 0.25) is 0 Å². The summed E-state index contributed by atoms with van der Waals surface area (Å²) in [5.74, 6) is 0.892. The third-order valence-corrected chi connectivity index (χ3v) is 4.68. The van der Waals surface area contributed by atoms with E-state index in [9.17, 15) is 9.90 Å². The van der Waals surface area contributed by atoms with E-state index in [0.29, 0.717) is 23.7 Å². The van der Waals surface area contributed by atoms with Crippen molar-refractivity contribution in [3.8, 4) is 17.2 Å². The van der Waals surface area contributed by atoms with Crippen molar-refractivity contribution < 1.29 is 19.4 Å². The first-order valence-electron chi connectivity index (χ1n) is 10.5. The minimum Gasteiger partial charge on any atom is -0.507 e. The third-order valence-electron chi connectivity index (χ3n) is 4.68. The van der Waals surface area contributed by atoms with Gasteiger partial charge >= 0.3 is 0 Å². The lowest BCUT2D eigenvalue weighted by atomic mass is 9.72. The molecule has 6 heteroatoms. The van der Waals surface area contributed by atoms with Crippen LogP contribution in [-0.2, 0) is 10.2 Å². The molecule has 0 bridgehead atoms. The van der Waals surface area contributed by atoms with Crippen molar-refractivity contribution in [3.05, 3.63) is 53.6 Å². The lowest BCUT2D eigenvalue weighted by Gasteiger charge is -2.33. The van der Waals surface area contributed by atoms with E-state index in [1.54, 1.807) is 12.1 Å². The van der Waals surface area contributed by atoms with Crippen molar-refractivity contribution in [3.63, 3.8) is 0 Å². The molecule has 0 spiro atoms. The zero-order valence-corrected chi connectivity index (χ0v) is 19.4. The molecule has 0 aromatic heterocycles. The van der Waals surface area contributed by atoms with Gasteiger partial charge in [0, 0.05) is 5.56 Å². The highest BCUT2D eigenvalue weighted by Crippen LogP contribution is 2.36. The summed E-state index contributed by atoms with van der Waals surface area (Å²) in [6, 6.07) is 12.7. The van der Waals surface area contributed by atoms with E-state index in [-0.39, 0.29) is 23.2 Å². The van der Waals surface area contributed by atoms with Crippen LogP contribution in [0.15, 0.2) is 47.6 Å². The van der Waals surface area contributed by atoms with Crippen LogP contribution < -0.4 is 14.9 Å². The van der Waals surface area contributed by atoms with Gasteiger partial charge in [-0.25, -0.2) is 5.43 Å². The first kappa shape index (κ1) is 24.3. The molecule has 0 aliphatic heterocycles. The van der Waals surface area contributed by atoms with Crippen LogP contribution in [-0.4, -0.2) is 30.4 Å². The molecule has 0 radical (unpaired) electrons. The van der Waals surface area contributed by atoms with E-state index >= 15 is 0 Å². The van der Waals surface area contributed by atoms with Gasteiger partial charge in [-0.15, -0.1) is 0 Å². The fraction of sp³-hybridized carbons (Fsp3) is 0.440. The average molecular weight is 427 g/mol. The number of carbonyl (C=O) groups is 1. The largest absolute Gasteiger partial charge is 0.507 e. The Morgan fingerprint density at radius 2 is 1.68 bits per heavy atom. The molecule has 0 heterocycles. The number of hydrogen-bond donors (Lipinski definition) is 2. The van der Waals surface area contributed by atoms with Gasteiger partial charge in [0.1, 0.15) is 17.2 Å². The monoisotopic (exact) mass is 426 g/mol. The summed E-state index contributed by atoms with van der Waals surface area (Å²) in [6.07, 6.45) is 2.42. The first-order chi connectivity index (χ1) is 14.5. The molecule has 0 aliphatic rings. The highest BCUT2D eigenvalue weighted by Gasteiger charge is 2.27. The maximum atomic E-state index is 12.0. The normalized spacial score (nSPS) is 12.1. The summed E-state index contributed by atoms with van der Waals surface area (Å²) in [5, 5.41) is 13.8. The Morgan fingerprint density at radius 3 is 2.29 bits per heavy atom. The SMILES string of the molecule is CCOc1ccc(O)c(/C=N\NC(=O)COc2ccc(C(C)(C)CC(C)(C)C)cc2)c1. The smallest absolute Gasteiger partial charge is 0.277 e. The maximum absolute atomic E-state index is 12.0. The van der Waals surface area contributed by atoms with Gasteiger partial charge < -0.3 is 14.6 Å². The molecule has 0 aliphatic carbocycles. The maximum Gasteiger partial charge on any atom is 0.277 e. The van der Waals surface area contributed by atoms with Crippen LogP contribution >= 0.6 is 0 Å². The molecule has 2 N–H and O–H groups in total. The predicted molar refractivity (Wildman–Crippen MR) is 124 cm³/mol. The summed E-state index contributed by atoms with van der Waals surface area (Å²) < 4.78 is 10.9. The highest BCUT2D eigenvalue weighted by atomic mass is 16.5. The zero-order chi connectivity index (χ0) is 23.1. The van der Waals surface area contributed by atoms with E-state index in [4.69, 9.17) is 9.47 Å². The van der Waals surface area contributed by atoms with Gasteiger partial charge in [0.05, 0.1) is 12.8 Å². The fourth-order valence-corrected chi connectivity index (χ4v) is 3.68. The molecule has 31 heavy (non-hydrogen) atoms. The summed E-state index contributed by atoms with van der Waals surface area (Å²) in [5.41, 5.74) is 4.36. The molecule has 2 rings (SSSR count). The second-order valence-corrected chi connectivity index (χ2v) is 9.38. The minimum absolute atomic E-state index is 0.0483. The van der Waals surface area contributed by atoms with Crippen LogP contribution in [0.2, 0.25) is 0 Å². The third kappa shape index (κ3) is 7.96. The van der Waals surface area contributed by atoms with Gasteiger partial charge in [-0.2, -0.15) is 5.10 Å². The molecule has 2 aromatic carbocycles. The number of nitrogens with zero attached hydrogens (tertiary/aromatic N) is 1. The second kappa shape index (κ2) is 10.3. The lowest BCUT2D eigenvalue weighted by Crippen LogP contribution is -2.25. The number of phenolic OH excluding ortho intramolecular Hbond substituents is 1. The van der Waals surface area contributed by atoms with Gasteiger partial charge in [0.15, 0.2) is 6.61 Å². The first-order valence-corrected chi connectivity index (χ1v) is 10.5. The molecule has 168 valence electrons. The summed E-state index contributed by atoms with van der Waals surface area (Å²) >= 11 is 0. The fourth-order valence-electron chi connectivity index (χ4n) is 3.68. The Balaban J connectivity index is 1.88. The van der Waals surface area contributed by atoms with Crippen LogP contribution in [0.3, 0.4) is 0 Å². The number of amides is 1. The Morgan fingerprint density at radius 1 is 1.03 bits per heavy atom. The number of carbonyl (C=O) groups excluding carboxylic acids is 1. The molecule has 0 unspecified atom stereocenters. The van der Waals surface area contributed by atoms with Crippen LogP contribution in [0.25, 0.3) is 0 Å². The topological polar surface area (TPSA) is 80.2 Å². The van der Waals surface area contributed by atoms with Crippen LogP contribution in [0, 0.1) is 5.41 Å². The summed E-state index contributed by atoms with van der Waals surface area (Å²) in [4.78, 5) is 12.0. The number of hydrazone groups is 1. The molecule has 1 amide bonds. The summed E-state index contributed by atoms with van der Waals surface area (Å²) in [7, 11) is 0. The van der Waals surface area contributed by atoms with E-state index in [2.05, 4.69) is 45.1 Å². The Hall–Kier alpha value is -3.02. The average Bonchev–Trinajstić information content (AvgIpc) is 2.67. The minimum atomic E-state index is -0.395. The molecular formula is C25H34N2O4. The van der Waals surface area contributed by atoms with Crippen LogP contribution in [0.5, 0.6) is 17.2 Å². The van der Waals surface area contributed by atoms with Crippen molar-refractivity contribution in [1.82, 2.24) is 5.43 Å². The van der Waals surface area contributed by atoms with Crippen LogP contribution in [0.1, 0.15) is 59.1 Å². The van der Waals surface area contributed by atoms with Crippen molar-refractivity contribution in [2.75, 3.05) is 13.2 Å². The van der Waals surface area contributed by atoms with E-state index in [0.717, 1.165) is 6.42 Å². The predicted octanol–water partition coefficient (Wildman–Crippen LogP) is 5.03. The Labute approximate surface area is 185 Å². The van der Waals surface area contributed by atoms with Gasteiger partial charge in [-0.05, 0) is 60.1 Å². The molecule has 0 saturated carbocycles. The number of aromatic hydroxyl groups is 1. The number of nitrogens with one attached hydrogen (secondary N) is 1. The number of hydrogen-bond acceptors (Lipinski definition) is 5. The lowest BCUT2D eigenvalue weighted by molar-refractivity contribution is -0.123. The van der Waals surface area contributed by atoms with Gasteiger partial charge in [-0.3, -0.25) is 4.79 Å². The number of benzene rings is 2. The van der Waals surface area contributed by atoms with E-state index in [1.165, 1.54) is 17.8 Å². The van der Waals surface area contributed by atoms with Crippen molar-refractivity contribution >= 4 is 12.1 Å². The molecule has 6 nitrogen and oxygen atoms in total. The van der Waals surface area contributed by atoms with Crippen LogP contribution in [0.4, 0.5) is 0 Å². The Kier molecular flexibility index (Phi) is 8.08.